The number of hydrazone groups is 1. The van der Waals surface area contributed by atoms with E-state index in [1.54, 1.807) is 17.3 Å². The Labute approximate surface area is 173 Å². The van der Waals surface area contributed by atoms with Crippen molar-refractivity contribution < 1.29 is 22.9 Å². The van der Waals surface area contributed by atoms with Gasteiger partial charge in [-0.15, -0.1) is 0 Å². The smallest absolute Gasteiger partial charge is 0.360 e. The molecule has 158 valence electrons. The van der Waals surface area contributed by atoms with Gasteiger partial charge >= 0.3 is 6.18 Å². The monoisotopic (exact) mass is 417 g/mol. The number of anilines is 1. The van der Waals surface area contributed by atoms with E-state index in [2.05, 4.69) is 5.10 Å². The zero-order valence-corrected chi connectivity index (χ0v) is 16.5. The minimum atomic E-state index is -4.35. The molecular formula is C22H24F3N4O+. The van der Waals surface area contributed by atoms with E-state index in [9.17, 15) is 18.0 Å². The first-order valence-corrected chi connectivity index (χ1v) is 10.1. The average molecular weight is 417 g/mol. The maximum absolute atomic E-state index is 13.0. The molecule has 1 N–H and O–H groups in total. The number of quaternary nitrogens is 1. The summed E-state index contributed by atoms with van der Waals surface area (Å²) in [6.07, 6.45) is -1.87. The van der Waals surface area contributed by atoms with Gasteiger partial charge in [-0.05, 0) is 23.8 Å². The number of piperazine rings is 1. The maximum Gasteiger partial charge on any atom is 0.416 e. The van der Waals surface area contributed by atoms with E-state index >= 15 is 0 Å². The summed E-state index contributed by atoms with van der Waals surface area (Å²) >= 11 is 0. The van der Waals surface area contributed by atoms with E-state index < -0.39 is 11.7 Å². The predicted octanol–water partition coefficient (Wildman–Crippen LogP) is 2.37. The molecule has 0 saturated carbocycles. The Morgan fingerprint density at radius 2 is 1.80 bits per heavy atom. The second kappa shape index (κ2) is 8.47. The van der Waals surface area contributed by atoms with Gasteiger partial charge in [0.05, 0.1) is 37.8 Å². The molecule has 2 aromatic rings. The van der Waals surface area contributed by atoms with Crippen LogP contribution in [-0.4, -0.2) is 49.9 Å². The highest BCUT2D eigenvalue weighted by molar-refractivity contribution is 5.80. The number of hydrogen-bond donors (Lipinski definition) is 1. The second-order valence-corrected chi connectivity index (χ2v) is 7.66. The number of hydrogen-bond acceptors (Lipinski definition) is 3. The van der Waals surface area contributed by atoms with Crippen molar-refractivity contribution >= 4 is 17.8 Å². The quantitative estimate of drug-likeness (QED) is 0.830. The fraction of sp³-hybridized carbons (Fsp3) is 0.364. The van der Waals surface area contributed by atoms with Gasteiger partial charge < -0.3 is 9.80 Å². The van der Waals surface area contributed by atoms with Crippen LogP contribution in [0.25, 0.3) is 0 Å². The van der Waals surface area contributed by atoms with Crippen LogP contribution < -0.4 is 9.80 Å². The number of carbonyl (C=O) groups is 1. The zero-order chi connectivity index (χ0) is 21.1. The van der Waals surface area contributed by atoms with E-state index in [0.717, 1.165) is 16.5 Å². The molecule has 0 bridgehead atoms. The molecule has 0 spiro atoms. The Hall–Kier alpha value is -2.87. The van der Waals surface area contributed by atoms with Crippen molar-refractivity contribution in [3.05, 3.63) is 65.7 Å². The van der Waals surface area contributed by atoms with Gasteiger partial charge in [-0.2, -0.15) is 18.3 Å². The van der Waals surface area contributed by atoms with Crippen LogP contribution in [0.1, 0.15) is 23.6 Å². The normalized spacial score (nSPS) is 20.0. The first-order valence-electron chi connectivity index (χ1n) is 10.1. The summed E-state index contributed by atoms with van der Waals surface area (Å²) in [5, 5.41) is 5.85. The minimum Gasteiger partial charge on any atom is -0.360 e. The topological polar surface area (TPSA) is 40.4 Å². The number of carbonyl (C=O) groups excluding carboxylic acids is 1. The lowest BCUT2D eigenvalue weighted by Crippen LogP contribution is -3.15. The molecule has 2 aliphatic heterocycles. The van der Waals surface area contributed by atoms with Crippen LogP contribution >= 0.6 is 0 Å². The number of rotatable bonds is 4. The number of benzene rings is 2. The van der Waals surface area contributed by atoms with Gasteiger partial charge in [-0.25, -0.2) is 5.01 Å². The molecule has 8 heteroatoms. The van der Waals surface area contributed by atoms with Crippen molar-refractivity contribution in [3.63, 3.8) is 0 Å². The summed E-state index contributed by atoms with van der Waals surface area (Å²) in [4.78, 5) is 15.9. The van der Waals surface area contributed by atoms with Gasteiger partial charge in [-0.1, -0.05) is 36.4 Å². The lowest BCUT2D eigenvalue weighted by atomic mass is 10.0. The first kappa shape index (κ1) is 20.4. The second-order valence-electron chi connectivity index (χ2n) is 7.66. The fourth-order valence-electron chi connectivity index (χ4n) is 4.04. The summed E-state index contributed by atoms with van der Waals surface area (Å²) < 4.78 is 38.9. The lowest BCUT2D eigenvalue weighted by molar-refractivity contribution is -0.892. The Bertz CT molecular complexity index is 908. The van der Waals surface area contributed by atoms with Crippen molar-refractivity contribution in [2.75, 3.05) is 37.6 Å². The van der Waals surface area contributed by atoms with Crippen LogP contribution in [0.4, 0.5) is 18.9 Å². The van der Waals surface area contributed by atoms with E-state index in [-0.39, 0.29) is 11.9 Å². The molecule has 1 fully saturated rings. The Morgan fingerprint density at radius 1 is 1.07 bits per heavy atom. The summed E-state index contributed by atoms with van der Waals surface area (Å²) in [6, 6.07) is 15.2. The van der Waals surface area contributed by atoms with Gasteiger partial charge in [0.2, 0.25) is 0 Å². The zero-order valence-electron chi connectivity index (χ0n) is 16.5. The number of amides is 1. The van der Waals surface area contributed by atoms with Gasteiger partial charge in [0.1, 0.15) is 0 Å². The molecule has 0 unspecified atom stereocenters. The van der Waals surface area contributed by atoms with Gasteiger partial charge in [0.25, 0.3) is 5.91 Å². The van der Waals surface area contributed by atoms with Crippen molar-refractivity contribution in [3.8, 4) is 0 Å². The molecule has 30 heavy (non-hydrogen) atoms. The molecular weight excluding hydrogens is 393 g/mol. The number of nitrogens with zero attached hydrogens (tertiary/aromatic N) is 3. The average Bonchev–Trinajstić information content (AvgIpc) is 3.25. The Balaban J connectivity index is 1.34. The van der Waals surface area contributed by atoms with Crippen LogP contribution in [0, 0.1) is 0 Å². The number of nitrogens with one attached hydrogen (secondary N) is 1. The van der Waals surface area contributed by atoms with E-state index in [0.29, 0.717) is 44.8 Å². The van der Waals surface area contributed by atoms with E-state index in [1.165, 1.54) is 12.1 Å². The molecule has 0 aliphatic carbocycles. The molecule has 0 aromatic heterocycles. The van der Waals surface area contributed by atoms with Crippen LogP contribution in [0.15, 0.2) is 59.7 Å². The molecule has 4 rings (SSSR count). The van der Waals surface area contributed by atoms with Gasteiger partial charge in [-0.3, -0.25) is 4.79 Å². The fourth-order valence-corrected chi connectivity index (χ4v) is 4.04. The molecule has 5 nitrogen and oxygen atoms in total. The standard InChI is InChI=1S/C22H23F3N4O/c23-22(24,25)18-7-4-8-19(15-18)28-13-11-27(12-14-28)16-21(30)29-20(9-10-26-29)17-5-2-1-3-6-17/h1-8,10,15,20H,9,11-14,16H2/p+1/t20-/m1/s1. The minimum absolute atomic E-state index is 0.0277. The largest absolute Gasteiger partial charge is 0.416 e. The third kappa shape index (κ3) is 4.48. The molecule has 1 saturated heterocycles. The molecule has 2 heterocycles. The third-order valence-electron chi connectivity index (χ3n) is 5.68. The summed E-state index contributed by atoms with van der Waals surface area (Å²) in [5.41, 5.74) is 1.00. The summed E-state index contributed by atoms with van der Waals surface area (Å²) in [5.74, 6) is -0.0277. The molecule has 2 aliphatic rings. The molecule has 1 amide bonds. The SMILES string of the molecule is O=C(C[NH+]1CCN(c2cccc(C(F)(F)F)c2)CC1)N1N=CC[C@@H]1c1ccccc1. The number of halogens is 3. The van der Waals surface area contributed by atoms with Crippen LogP contribution in [-0.2, 0) is 11.0 Å². The molecule has 1 atom stereocenters. The molecule has 2 aromatic carbocycles. The highest BCUT2D eigenvalue weighted by Crippen LogP contribution is 2.31. The van der Waals surface area contributed by atoms with Gasteiger partial charge in [0, 0.05) is 18.3 Å². The highest BCUT2D eigenvalue weighted by Gasteiger charge is 2.33. The lowest BCUT2D eigenvalue weighted by Gasteiger charge is -2.34. The van der Waals surface area contributed by atoms with Crippen LogP contribution in [0.3, 0.4) is 0 Å². The Kier molecular flexibility index (Phi) is 5.76. The van der Waals surface area contributed by atoms with Crippen molar-refractivity contribution in [2.24, 2.45) is 5.10 Å². The van der Waals surface area contributed by atoms with E-state index in [1.807, 2.05) is 35.2 Å². The Morgan fingerprint density at radius 3 is 2.50 bits per heavy atom. The summed E-state index contributed by atoms with van der Waals surface area (Å²) in [7, 11) is 0. The molecule has 0 radical (unpaired) electrons. The van der Waals surface area contributed by atoms with Crippen LogP contribution in [0.5, 0.6) is 0 Å². The van der Waals surface area contributed by atoms with E-state index in [4.69, 9.17) is 0 Å². The highest BCUT2D eigenvalue weighted by atomic mass is 19.4. The predicted molar refractivity (Wildman–Crippen MR) is 108 cm³/mol. The third-order valence-corrected chi connectivity index (χ3v) is 5.68. The summed E-state index contributed by atoms with van der Waals surface area (Å²) in [6.45, 7) is 2.92. The van der Waals surface area contributed by atoms with Gasteiger partial charge in [0.15, 0.2) is 6.54 Å². The van der Waals surface area contributed by atoms with Crippen LogP contribution in [0.2, 0.25) is 0 Å². The van der Waals surface area contributed by atoms with Crippen molar-refractivity contribution in [1.29, 1.82) is 0 Å². The van der Waals surface area contributed by atoms with Crippen molar-refractivity contribution in [1.82, 2.24) is 5.01 Å². The van der Waals surface area contributed by atoms with Crippen molar-refractivity contribution in [2.45, 2.75) is 18.6 Å². The first-order chi connectivity index (χ1) is 14.4. The number of alkyl halides is 3. The maximum atomic E-state index is 13.0.